The van der Waals surface area contributed by atoms with Crippen LogP contribution in [0.4, 0.5) is 17.6 Å². The average Bonchev–Trinajstić information content (AvgIpc) is 3.48. The first-order valence-electron chi connectivity index (χ1n) is 12.7. The van der Waals surface area contributed by atoms with Crippen LogP contribution in [-0.2, 0) is 19.7 Å². The number of hydrogen-bond acceptors (Lipinski definition) is 7. The van der Waals surface area contributed by atoms with E-state index in [9.17, 15) is 22.8 Å². The van der Waals surface area contributed by atoms with Gasteiger partial charge in [0.1, 0.15) is 27.2 Å². The second-order valence-electron chi connectivity index (χ2n) is 10.3. The number of carbonyl (C=O) groups is 2. The minimum atomic E-state index is -5.26. The molecule has 2 atom stereocenters. The van der Waals surface area contributed by atoms with Crippen LogP contribution in [0.1, 0.15) is 42.0 Å². The molecule has 0 radical (unpaired) electrons. The number of fused-ring (bicyclic) bond motifs is 1. The van der Waals surface area contributed by atoms with Gasteiger partial charge in [0.25, 0.3) is 0 Å². The Bertz CT molecular complexity index is 1620. The van der Waals surface area contributed by atoms with Crippen LogP contribution >= 0.6 is 11.3 Å². The van der Waals surface area contributed by atoms with Gasteiger partial charge in [0, 0.05) is 17.5 Å². The highest BCUT2D eigenvalue weighted by Gasteiger charge is 2.47. The SMILES string of the molecule is CN1C[C@@H](c2ccc(-c3nc4ccc(C5(c6ccccc6)CC5)nc4s3)c(F)c2)C[C@H]1C(=O)OC(=O)C(F)(F)F. The molecule has 2 fully saturated rings. The van der Waals surface area contributed by atoms with Crippen LogP contribution in [0.15, 0.2) is 60.7 Å². The van der Waals surface area contributed by atoms with E-state index in [0.717, 1.165) is 23.4 Å². The lowest BCUT2D eigenvalue weighted by atomic mass is 9.92. The Labute approximate surface area is 230 Å². The summed E-state index contributed by atoms with van der Waals surface area (Å²) in [7, 11) is 1.54. The number of halogens is 4. The van der Waals surface area contributed by atoms with Crippen molar-refractivity contribution in [3.05, 3.63) is 83.3 Å². The molecule has 2 aromatic heterocycles. The van der Waals surface area contributed by atoms with Crippen molar-refractivity contribution >= 4 is 33.6 Å². The molecule has 1 saturated heterocycles. The second-order valence-corrected chi connectivity index (χ2v) is 11.3. The fraction of sp³-hybridized carbons (Fsp3) is 0.310. The summed E-state index contributed by atoms with van der Waals surface area (Å²) in [4.78, 5) is 35.0. The third kappa shape index (κ3) is 4.77. The van der Waals surface area contributed by atoms with Crippen molar-refractivity contribution in [2.24, 2.45) is 0 Å². The molecule has 0 bridgehead atoms. The third-order valence-electron chi connectivity index (χ3n) is 7.76. The molecule has 0 unspecified atom stereocenters. The smallest absolute Gasteiger partial charge is 0.385 e. The largest absolute Gasteiger partial charge is 0.491 e. The predicted molar refractivity (Wildman–Crippen MR) is 140 cm³/mol. The number of nitrogens with zero attached hydrogens (tertiary/aromatic N) is 3. The Hall–Kier alpha value is -3.70. The van der Waals surface area contributed by atoms with Crippen LogP contribution in [0.25, 0.3) is 20.9 Å². The fourth-order valence-corrected chi connectivity index (χ4v) is 6.43. The van der Waals surface area contributed by atoms with Crippen LogP contribution in [0.5, 0.6) is 0 Å². The monoisotopic (exact) mass is 569 g/mol. The summed E-state index contributed by atoms with van der Waals surface area (Å²) >= 11 is 1.31. The van der Waals surface area contributed by atoms with Crippen LogP contribution in [0.2, 0.25) is 0 Å². The molecule has 4 aromatic rings. The first-order valence-corrected chi connectivity index (χ1v) is 13.5. The minimum Gasteiger partial charge on any atom is -0.385 e. The summed E-state index contributed by atoms with van der Waals surface area (Å²) in [6.45, 7) is 0.287. The number of alkyl halides is 3. The highest BCUT2D eigenvalue weighted by molar-refractivity contribution is 7.21. The van der Waals surface area contributed by atoms with Crippen LogP contribution in [0.3, 0.4) is 0 Å². The summed E-state index contributed by atoms with van der Waals surface area (Å²) in [6, 6.07) is 17.8. The predicted octanol–water partition coefficient (Wildman–Crippen LogP) is 6.00. The molecule has 1 aliphatic heterocycles. The normalized spacial score (nSPS) is 20.5. The van der Waals surface area contributed by atoms with Gasteiger partial charge in [0.15, 0.2) is 0 Å². The molecule has 0 spiro atoms. The maximum atomic E-state index is 15.3. The van der Waals surface area contributed by atoms with Gasteiger partial charge in [0.05, 0.1) is 5.69 Å². The Morgan fingerprint density at radius 3 is 2.48 bits per heavy atom. The lowest BCUT2D eigenvalue weighted by molar-refractivity contribution is -0.203. The first kappa shape index (κ1) is 26.5. The Morgan fingerprint density at radius 2 is 1.80 bits per heavy atom. The number of carbonyl (C=O) groups excluding carboxylic acids is 2. The zero-order chi connectivity index (χ0) is 28.2. The topological polar surface area (TPSA) is 72.4 Å². The zero-order valence-corrected chi connectivity index (χ0v) is 22.1. The molecule has 3 heterocycles. The van der Waals surface area contributed by atoms with Crippen molar-refractivity contribution in [1.82, 2.24) is 14.9 Å². The van der Waals surface area contributed by atoms with Gasteiger partial charge in [-0.25, -0.2) is 23.9 Å². The van der Waals surface area contributed by atoms with E-state index in [4.69, 9.17) is 4.98 Å². The van der Waals surface area contributed by atoms with Gasteiger partial charge in [-0.05, 0) is 67.6 Å². The molecule has 0 N–H and O–H groups in total. The standard InChI is InChI=1S/C29H23F4N3O3S/c1-36-15-17(14-22(36)26(37)39-27(38)29(31,32)33)16-7-8-19(20(30)13-16)24-34-21-9-10-23(35-25(21)40-24)28(11-12-28)18-5-3-2-4-6-18/h2-10,13,17,22H,11-12,14-15H2,1H3/t17-,22-/m0/s1. The second kappa shape index (κ2) is 9.74. The van der Waals surface area contributed by atoms with Crippen molar-refractivity contribution in [2.45, 2.75) is 42.8 Å². The molecular formula is C29H23F4N3O3S. The van der Waals surface area contributed by atoms with Gasteiger partial charge in [-0.1, -0.05) is 47.7 Å². The molecule has 0 amide bonds. The van der Waals surface area contributed by atoms with Crippen LogP contribution < -0.4 is 0 Å². The van der Waals surface area contributed by atoms with Crippen molar-refractivity contribution in [2.75, 3.05) is 13.6 Å². The van der Waals surface area contributed by atoms with E-state index >= 15 is 4.39 Å². The van der Waals surface area contributed by atoms with Crippen molar-refractivity contribution < 1.29 is 31.9 Å². The molecule has 206 valence electrons. The third-order valence-corrected chi connectivity index (χ3v) is 8.76. The Balaban J connectivity index is 1.21. The number of likely N-dealkylation sites (N-methyl/N-ethyl adjacent to an activating group) is 1. The molecule has 6 rings (SSSR count). The van der Waals surface area contributed by atoms with Gasteiger partial charge in [-0.3, -0.25) is 4.90 Å². The average molecular weight is 570 g/mol. The number of ether oxygens (including phenoxy) is 1. The van der Waals surface area contributed by atoms with Gasteiger partial charge >= 0.3 is 18.1 Å². The van der Waals surface area contributed by atoms with E-state index in [1.807, 2.05) is 30.3 Å². The molecule has 2 aliphatic rings. The molecule has 2 aromatic carbocycles. The number of pyridine rings is 1. The van der Waals surface area contributed by atoms with E-state index in [-0.39, 0.29) is 24.3 Å². The lowest BCUT2D eigenvalue weighted by Gasteiger charge is -2.17. The van der Waals surface area contributed by atoms with Crippen molar-refractivity contribution in [3.8, 4) is 10.6 Å². The summed E-state index contributed by atoms with van der Waals surface area (Å²) in [5.74, 6) is -4.65. The maximum Gasteiger partial charge on any atom is 0.491 e. The minimum absolute atomic E-state index is 0.0920. The quantitative estimate of drug-likeness (QED) is 0.167. The molecule has 1 aliphatic carbocycles. The number of esters is 2. The highest BCUT2D eigenvalue weighted by atomic mass is 32.1. The number of likely N-dealkylation sites (tertiary alicyclic amines) is 1. The van der Waals surface area contributed by atoms with E-state index in [1.54, 1.807) is 19.2 Å². The summed E-state index contributed by atoms with van der Waals surface area (Å²) in [6.07, 6.45) is -3.13. The number of thiazole rings is 1. The van der Waals surface area contributed by atoms with E-state index in [0.29, 0.717) is 21.7 Å². The van der Waals surface area contributed by atoms with Crippen LogP contribution in [0, 0.1) is 5.82 Å². The number of rotatable bonds is 5. The highest BCUT2D eigenvalue weighted by Crippen LogP contribution is 2.53. The van der Waals surface area contributed by atoms with Gasteiger partial charge in [0.2, 0.25) is 0 Å². The van der Waals surface area contributed by atoms with Gasteiger partial charge in [-0.15, -0.1) is 0 Å². The summed E-state index contributed by atoms with van der Waals surface area (Å²) in [5, 5.41) is 0.490. The first-order chi connectivity index (χ1) is 19.0. The summed E-state index contributed by atoms with van der Waals surface area (Å²) in [5.41, 5.74) is 3.70. The fourth-order valence-electron chi connectivity index (χ4n) is 5.47. The molecular weight excluding hydrogens is 546 g/mol. The Morgan fingerprint density at radius 1 is 1.05 bits per heavy atom. The number of aromatic nitrogens is 2. The molecule has 11 heteroatoms. The maximum absolute atomic E-state index is 15.3. The number of benzene rings is 2. The van der Waals surface area contributed by atoms with E-state index < -0.39 is 30.0 Å². The van der Waals surface area contributed by atoms with Crippen molar-refractivity contribution in [1.29, 1.82) is 0 Å². The van der Waals surface area contributed by atoms with E-state index in [2.05, 4.69) is 21.9 Å². The molecule has 40 heavy (non-hydrogen) atoms. The molecule has 1 saturated carbocycles. The van der Waals surface area contributed by atoms with E-state index in [1.165, 1.54) is 27.9 Å². The summed E-state index contributed by atoms with van der Waals surface area (Å²) < 4.78 is 56.8. The molecule has 6 nitrogen and oxygen atoms in total. The van der Waals surface area contributed by atoms with Crippen LogP contribution in [-0.4, -0.2) is 52.6 Å². The van der Waals surface area contributed by atoms with Gasteiger partial charge in [-0.2, -0.15) is 13.2 Å². The Kier molecular flexibility index (Phi) is 6.46. The number of hydrogen-bond donors (Lipinski definition) is 0. The zero-order valence-electron chi connectivity index (χ0n) is 21.2. The lowest BCUT2D eigenvalue weighted by Crippen LogP contribution is -2.38. The van der Waals surface area contributed by atoms with Gasteiger partial charge < -0.3 is 4.74 Å². The van der Waals surface area contributed by atoms with Crippen molar-refractivity contribution in [3.63, 3.8) is 0 Å².